The van der Waals surface area contributed by atoms with Crippen molar-refractivity contribution in [1.29, 1.82) is 0 Å². The number of hydrogen-bond acceptors (Lipinski definition) is 0. The van der Waals surface area contributed by atoms with Crippen LogP contribution < -0.4 is 4.57 Å². The first-order valence-corrected chi connectivity index (χ1v) is 13.8. The Labute approximate surface area is 189 Å². The van der Waals surface area contributed by atoms with Gasteiger partial charge in [0.15, 0.2) is 0 Å². The van der Waals surface area contributed by atoms with E-state index in [9.17, 15) is 0 Å². The molecule has 176 valence electrons. The van der Waals surface area contributed by atoms with Gasteiger partial charge >= 0.3 is 0 Å². The summed E-state index contributed by atoms with van der Waals surface area (Å²) in [5, 5.41) is 0. The lowest BCUT2D eigenvalue weighted by Crippen LogP contribution is -2.37. The molecular formula is C28H55N2+. The monoisotopic (exact) mass is 419 g/mol. The Balaban J connectivity index is 1.90. The molecule has 0 radical (unpaired) electrons. The van der Waals surface area contributed by atoms with Crippen LogP contribution in [0.5, 0.6) is 0 Å². The molecule has 1 aromatic rings. The van der Waals surface area contributed by atoms with Gasteiger partial charge in [-0.15, -0.1) is 0 Å². The van der Waals surface area contributed by atoms with Crippen LogP contribution in [-0.2, 0) is 13.1 Å². The largest absolute Gasteiger partial charge is 0.258 e. The molecule has 0 saturated carbocycles. The Morgan fingerprint density at radius 2 is 1.07 bits per heavy atom. The summed E-state index contributed by atoms with van der Waals surface area (Å²) in [6.45, 7) is 11.6. The zero-order chi connectivity index (χ0) is 21.9. The minimum atomic E-state index is 0.609. The first-order chi connectivity index (χ1) is 14.7. The van der Waals surface area contributed by atoms with Gasteiger partial charge in [-0.05, 0) is 19.3 Å². The van der Waals surface area contributed by atoms with Crippen LogP contribution in [0.3, 0.4) is 0 Å². The molecule has 0 aliphatic carbocycles. The lowest BCUT2D eigenvalue weighted by Gasteiger charge is -2.07. The maximum Gasteiger partial charge on any atom is 0.258 e. The number of rotatable bonds is 21. The fourth-order valence-electron chi connectivity index (χ4n) is 4.77. The van der Waals surface area contributed by atoms with E-state index in [4.69, 9.17) is 0 Å². The fourth-order valence-corrected chi connectivity index (χ4v) is 4.77. The van der Waals surface area contributed by atoms with Crippen molar-refractivity contribution in [2.24, 2.45) is 0 Å². The van der Waals surface area contributed by atoms with E-state index in [2.05, 4.69) is 49.2 Å². The SMILES string of the molecule is CCCCCCCCCCCCCCCCCCCn1cc[n+](CCC)c1C(C)C. The molecule has 0 bridgehead atoms. The second kappa shape index (κ2) is 18.9. The zero-order valence-corrected chi connectivity index (χ0v) is 21.3. The Hall–Kier alpha value is -0.790. The van der Waals surface area contributed by atoms with Crippen molar-refractivity contribution in [3.8, 4) is 0 Å². The summed E-state index contributed by atoms with van der Waals surface area (Å²) < 4.78 is 4.96. The second-order valence-electron chi connectivity index (χ2n) is 9.85. The Bertz CT molecular complexity index is 489. The minimum absolute atomic E-state index is 0.609. The molecule has 0 aliphatic rings. The highest BCUT2D eigenvalue weighted by atomic mass is 15.1. The maximum absolute atomic E-state index is 2.51. The fraction of sp³-hybridized carbons (Fsp3) is 0.893. The van der Waals surface area contributed by atoms with Gasteiger partial charge in [0, 0.05) is 0 Å². The quantitative estimate of drug-likeness (QED) is 0.139. The van der Waals surface area contributed by atoms with Crippen LogP contribution in [0.4, 0.5) is 0 Å². The van der Waals surface area contributed by atoms with E-state index in [1.807, 2.05) is 0 Å². The van der Waals surface area contributed by atoms with Crippen molar-refractivity contribution in [3.63, 3.8) is 0 Å². The van der Waals surface area contributed by atoms with E-state index in [1.54, 1.807) is 0 Å². The molecule has 1 heterocycles. The highest BCUT2D eigenvalue weighted by Gasteiger charge is 2.19. The molecule has 1 rings (SSSR count). The van der Waals surface area contributed by atoms with E-state index < -0.39 is 0 Å². The zero-order valence-electron chi connectivity index (χ0n) is 21.3. The van der Waals surface area contributed by atoms with Crippen LogP contribution in [0.1, 0.15) is 155 Å². The third-order valence-corrected chi connectivity index (χ3v) is 6.50. The Morgan fingerprint density at radius 1 is 0.633 bits per heavy atom. The van der Waals surface area contributed by atoms with Crippen LogP contribution in [-0.4, -0.2) is 4.57 Å². The van der Waals surface area contributed by atoms with Gasteiger partial charge in [0.2, 0.25) is 0 Å². The van der Waals surface area contributed by atoms with E-state index >= 15 is 0 Å². The highest BCUT2D eigenvalue weighted by Crippen LogP contribution is 2.15. The summed E-state index contributed by atoms with van der Waals surface area (Å²) in [7, 11) is 0. The Kier molecular flexibility index (Phi) is 17.2. The van der Waals surface area contributed by atoms with E-state index in [-0.39, 0.29) is 0 Å². The number of unbranched alkanes of at least 4 members (excludes halogenated alkanes) is 16. The first-order valence-electron chi connectivity index (χ1n) is 13.8. The van der Waals surface area contributed by atoms with Gasteiger partial charge in [-0.25, -0.2) is 9.13 Å². The topological polar surface area (TPSA) is 8.81 Å². The molecule has 2 nitrogen and oxygen atoms in total. The molecule has 0 atom stereocenters. The summed E-state index contributed by atoms with van der Waals surface area (Å²) >= 11 is 0. The molecular weight excluding hydrogens is 364 g/mol. The highest BCUT2D eigenvalue weighted by molar-refractivity contribution is 4.89. The standard InChI is InChI=1S/C28H55N2/c1-5-7-8-9-10-11-12-13-14-15-16-17-18-19-20-21-22-24-30-26-25-29(23-6-2)28(30)27(3)4/h25-27H,5-24H2,1-4H3/q+1. The lowest BCUT2D eigenvalue weighted by molar-refractivity contribution is -0.704. The van der Waals surface area contributed by atoms with Crippen molar-refractivity contribution in [3.05, 3.63) is 18.2 Å². The Morgan fingerprint density at radius 3 is 1.47 bits per heavy atom. The van der Waals surface area contributed by atoms with Gasteiger partial charge in [0.1, 0.15) is 12.4 Å². The summed E-state index contributed by atoms with van der Waals surface area (Å²) in [5.74, 6) is 2.12. The van der Waals surface area contributed by atoms with Gasteiger partial charge in [-0.1, -0.05) is 124 Å². The van der Waals surface area contributed by atoms with Crippen molar-refractivity contribution in [2.75, 3.05) is 0 Å². The minimum Gasteiger partial charge on any atom is -0.234 e. The summed E-state index contributed by atoms with van der Waals surface area (Å²) in [5.41, 5.74) is 0. The second-order valence-corrected chi connectivity index (χ2v) is 9.85. The number of hydrogen-bond donors (Lipinski definition) is 0. The molecule has 0 spiro atoms. The predicted molar refractivity (Wildman–Crippen MR) is 133 cm³/mol. The first kappa shape index (κ1) is 27.2. The summed E-state index contributed by atoms with van der Waals surface area (Å²) in [6, 6.07) is 0. The van der Waals surface area contributed by atoms with Gasteiger partial charge in [-0.2, -0.15) is 0 Å². The van der Waals surface area contributed by atoms with Crippen LogP contribution in [0.15, 0.2) is 12.4 Å². The third-order valence-electron chi connectivity index (χ3n) is 6.50. The van der Waals surface area contributed by atoms with Crippen molar-refractivity contribution >= 4 is 0 Å². The van der Waals surface area contributed by atoms with Crippen LogP contribution in [0, 0.1) is 0 Å². The summed E-state index contributed by atoms with van der Waals surface area (Å²) in [4.78, 5) is 0. The molecule has 0 aromatic carbocycles. The van der Waals surface area contributed by atoms with E-state index in [0.717, 1.165) is 6.54 Å². The molecule has 0 fully saturated rings. The molecule has 30 heavy (non-hydrogen) atoms. The van der Waals surface area contributed by atoms with Crippen LogP contribution in [0.25, 0.3) is 0 Å². The maximum atomic E-state index is 2.51. The smallest absolute Gasteiger partial charge is 0.234 e. The predicted octanol–water partition coefficient (Wildman–Crippen LogP) is 8.96. The van der Waals surface area contributed by atoms with Gasteiger partial charge in [0.05, 0.1) is 19.0 Å². The molecule has 0 unspecified atom stereocenters. The van der Waals surface area contributed by atoms with Crippen molar-refractivity contribution in [2.45, 2.75) is 162 Å². The molecule has 1 aromatic heterocycles. The van der Waals surface area contributed by atoms with Gasteiger partial charge in [0.25, 0.3) is 5.82 Å². The summed E-state index contributed by atoms with van der Waals surface area (Å²) in [6.07, 6.45) is 30.4. The van der Waals surface area contributed by atoms with Gasteiger partial charge in [-0.3, -0.25) is 0 Å². The van der Waals surface area contributed by atoms with Crippen molar-refractivity contribution < 1.29 is 4.57 Å². The lowest BCUT2D eigenvalue weighted by atomic mass is 10.0. The normalized spacial score (nSPS) is 11.6. The number of imidazole rings is 1. The van der Waals surface area contributed by atoms with E-state index in [1.165, 1.54) is 128 Å². The third kappa shape index (κ3) is 12.8. The van der Waals surface area contributed by atoms with Crippen molar-refractivity contribution in [1.82, 2.24) is 4.57 Å². The molecule has 0 amide bonds. The van der Waals surface area contributed by atoms with E-state index in [0.29, 0.717) is 5.92 Å². The number of aryl methyl sites for hydroxylation is 2. The molecule has 0 aliphatic heterocycles. The molecule has 0 saturated heterocycles. The van der Waals surface area contributed by atoms with Crippen LogP contribution >= 0.6 is 0 Å². The number of aromatic nitrogens is 2. The average molecular weight is 420 g/mol. The van der Waals surface area contributed by atoms with Crippen LogP contribution in [0.2, 0.25) is 0 Å². The number of nitrogens with zero attached hydrogens (tertiary/aromatic N) is 2. The molecule has 0 N–H and O–H groups in total. The molecule has 2 heteroatoms. The average Bonchev–Trinajstić information content (AvgIpc) is 3.13. The van der Waals surface area contributed by atoms with Gasteiger partial charge < -0.3 is 0 Å².